The number of hydrogen-bond acceptors (Lipinski definition) is 5. The van der Waals surface area contributed by atoms with Crippen molar-refractivity contribution in [1.82, 2.24) is 29.4 Å². The summed E-state index contributed by atoms with van der Waals surface area (Å²) in [6.45, 7) is 0.630. The molecule has 2 aromatic rings. The van der Waals surface area contributed by atoms with Crippen LogP contribution in [0.5, 0.6) is 0 Å². The molecule has 0 aliphatic carbocycles. The fourth-order valence-corrected chi connectivity index (χ4v) is 3.05. The van der Waals surface area contributed by atoms with Crippen LogP contribution in [0.15, 0.2) is 23.6 Å². The van der Waals surface area contributed by atoms with E-state index < -0.39 is 10.0 Å². The highest BCUT2D eigenvalue weighted by Crippen LogP contribution is 2.17. The summed E-state index contributed by atoms with van der Waals surface area (Å²) in [5.41, 5.74) is 0.610. The lowest BCUT2D eigenvalue weighted by molar-refractivity contribution is 0.447. The summed E-state index contributed by atoms with van der Waals surface area (Å²) in [5, 5.41) is 9.40. The van der Waals surface area contributed by atoms with Crippen molar-refractivity contribution in [3.63, 3.8) is 0 Å². The molecule has 0 saturated carbocycles. The number of rotatable bonds is 6. The second-order valence-corrected chi connectivity index (χ2v) is 6.45. The van der Waals surface area contributed by atoms with Crippen LogP contribution in [0.1, 0.15) is 11.4 Å². The second kappa shape index (κ2) is 5.73. The molecule has 110 valence electrons. The zero-order chi connectivity index (χ0) is 14.8. The van der Waals surface area contributed by atoms with Crippen LogP contribution in [-0.2, 0) is 30.2 Å². The van der Waals surface area contributed by atoms with E-state index in [4.69, 9.17) is 0 Å². The molecule has 0 radical (unpaired) electrons. The number of imidazole rings is 1. The van der Waals surface area contributed by atoms with Crippen molar-refractivity contribution in [1.29, 1.82) is 0 Å². The van der Waals surface area contributed by atoms with Crippen LogP contribution in [0, 0.1) is 0 Å². The van der Waals surface area contributed by atoms with E-state index in [0.29, 0.717) is 17.9 Å². The Labute approximate surface area is 117 Å². The number of nitrogens with zero attached hydrogens (tertiary/aromatic N) is 4. The molecule has 2 aromatic heterocycles. The Morgan fingerprint density at radius 1 is 1.50 bits per heavy atom. The lowest BCUT2D eigenvalue weighted by atomic mass is 10.4. The summed E-state index contributed by atoms with van der Waals surface area (Å²) < 4.78 is 28.1. The quantitative estimate of drug-likeness (QED) is 0.762. The molecule has 20 heavy (non-hydrogen) atoms. The summed E-state index contributed by atoms with van der Waals surface area (Å²) in [5.74, 6) is 0.672. The first kappa shape index (κ1) is 14.7. The van der Waals surface area contributed by atoms with Gasteiger partial charge in [-0.1, -0.05) is 0 Å². The first-order valence-corrected chi connectivity index (χ1v) is 7.50. The summed E-state index contributed by atoms with van der Waals surface area (Å²) in [4.78, 5) is 4.13. The molecule has 0 aromatic carbocycles. The largest absolute Gasteiger partial charge is 0.337 e. The Balaban J connectivity index is 2.25. The van der Waals surface area contributed by atoms with Gasteiger partial charge in [-0.05, 0) is 7.05 Å². The van der Waals surface area contributed by atoms with Crippen LogP contribution in [0.2, 0.25) is 0 Å². The summed E-state index contributed by atoms with van der Waals surface area (Å²) in [6, 6.07) is 0. The molecular weight excluding hydrogens is 280 g/mol. The van der Waals surface area contributed by atoms with Crippen molar-refractivity contribution in [3.8, 4) is 0 Å². The van der Waals surface area contributed by atoms with Gasteiger partial charge in [0.15, 0.2) is 5.03 Å². The number of aryl methyl sites for hydroxylation is 1. The van der Waals surface area contributed by atoms with E-state index >= 15 is 0 Å². The lowest BCUT2D eigenvalue weighted by Gasteiger charge is -2.16. The Bertz CT molecular complexity index is 675. The minimum absolute atomic E-state index is 0.114. The van der Waals surface area contributed by atoms with Gasteiger partial charge >= 0.3 is 0 Å². The Morgan fingerprint density at radius 3 is 2.85 bits per heavy atom. The Hall–Kier alpha value is -1.71. The highest BCUT2D eigenvalue weighted by atomic mass is 32.2. The first-order chi connectivity index (χ1) is 9.46. The SMILES string of the molecule is CNCc1cn[nH]c1S(=O)(=O)N(C)Cc1nccn1C. The number of aromatic nitrogens is 4. The molecular formula is C11H18N6O2S. The van der Waals surface area contributed by atoms with Crippen LogP contribution in [0.25, 0.3) is 0 Å². The number of hydrogen-bond donors (Lipinski definition) is 2. The van der Waals surface area contributed by atoms with Crippen LogP contribution in [0.4, 0.5) is 0 Å². The topological polar surface area (TPSA) is 95.9 Å². The zero-order valence-corrected chi connectivity index (χ0v) is 12.5. The molecule has 0 saturated heterocycles. The normalized spacial score (nSPS) is 12.2. The van der Waals surface area contributed by atoms with Crippen molar-refractivity contribution in [2.75, 3.05) is 14.1 Å². The molecule has 9 heteroatoms. The fraction of sp³-hybridized carbons (Fsp3) is 0.455. The van der Waals surface area contributed by atoms with Crippen molar-refractivity contribution in [2.45, 2.75) is 18.1 Å². The molecule has 0 bridgehead atoms. The average Bonchev–Trinajstić information content (AvgIpc) is 3.00. The third kappa shape index (κ3) is 2.74. The Kier molecular flexibility index (Phi) is 4.21. The molecule has 0 amide bonds. The minimum atomic E-state index is -3.62. The van der Waals surface area contributed by atoms with E-state index in [-0.39, 0.29) is 11.6 Å². The minimum Gasteiger partial charge on any atom is -0.337 e. The third-order valence-corrected chi connectivity index (χ3v) is 4.82. The van der Waals surface area contributed by atoms with Crippen LogP contribution in [0.3, 0.4) is 0 Å². The van der Waals surface area contributed by atoms with E-state index in [2.05, 4.69) is 20.5 Å². The molecule has 8 nitrogen and oxygen atoms in total. The molecule has 2 N–H and O–H groups in total. The molecule has 0 atom stereocenters. The van der Waals surface area contributed by atoms with Gasteiger partial charge in [0.1, 0.15) is 5.82 Å². The van der Waals surface area contributed by atoms with Crippen LogP contribution < -0.4 is 5.32 Å². The van der Waals surface area contributed by atoms with Gasteiger partial charge in [-0.2, -0.15) is 9.40 Å². The second-order valence-electron chi connectivity index (χ2n) is 4.47. The van der Waals surface area contributed by atoms with Gasteiger partial charge < -0.3 is 9.88 Å². The highest BCUT2D eigenvalue weighted by Gasteiger charge is 2.26. The van der Waals surface area contributed by atoms with Crippen molar-refractivity contribution in [3.05, 3.63) is 30.0 Å². The van der Waals surface area contributed by atoms with Crippen molar-refractivity contribution < 1.29 is 8.42 Å². The van der Waals surface area contributed by atoms with Gasteiger partial charge in [-0.25, -0.2) is 13.4 Å². The third-order valence-electron chi connectivity index (χ3n) is 3.00. The molecule has 0 spiro atoms. The summed E-state index contributed by atoms with van der Waals surface area (Å²) >= 11 is 0. The van der Waals surface area contributed by atoms with Gasteiger partial charge in [0.2, 0.25) is 0 Å². The van der Waals surface area contributed by atoms with E-state index in [1.165, 1.54) is 17.5 Å². The maximum Gasteiger partial charge on any atom is 0.260 e. The number of nitrogens with one attached hydrogen (secondary N) is 2. The molecule has 0 aliphatic rings. The maximum absolute atomic E-state index is 12.5. The predicted molar refractivity (Wildman–Crippen MR) is 73.2 cm³/mol. The van der Waals surface area contributed by atoms with Crippen molar-refractivity contribution >= 4 is 10.0 Å². The van der Waals surface area contributed by atoms with Gasteiger partial charge in [0, 0.05) is 38.6 Å². The van der Waals surface area contributed by atoms with E-state index in [1.807, 2.05) is 7.05 Å². The Morgan fingerprint density at radius 2 is 2.25 bits per heavy atom. The van der Waals surface area contributed by atoms with Gasteiger partial charge in [-0.3, -0.25) is 5.10 Å². The maximum atomic E-state index is 12.5. The van der Waals surface area contributed by atoms with Crippen molar-refractivity contribution in [2.24, 2.45) is 7.05 Å². The zero-order valence-electron chi connectivity index (χ0n) is 11.7. The van der Waals surface area contributed by atoms with Crippen LogP contribution in [-0.4, -0.2) is 46.6 Å². The highest BCUT2D eigenvalue weighted by molar-refractivity contribution is 7.89. The van der Waals surface area contributed by atoms with E-state index in [0.717, 1.165) is 0 Å². The predicted octanol–water partition coefficient (Wildman–Crippen LogP) is -0.317. The van der Waals surface area contributed by atoms with Crippen LogP contribution >= 0.6 is 0 Å². The number of aromatic amines is 1. The fourth-order valence-electron chi connectivity index (χ4n) is 1.83. The smallest absolute Gasteiger partial charge is 0.260 e. The average molecular weight is 298 g/mol. The number of H-pyrrole nitrogens is 1. The summed E-state index contributed by atoms with van der Waals surface area (Å²) in [6.07, 6.45) is 4.93. The van der Waals surface area contributed by atoms with E-state index in [9.17, 15) is 8.42 Å². The van der Waals surface area contributed by atoms with Gasteiger partial charge in [0.25, 0.3) is 10.0 Å². The summed E-state index contributed by atoms with van der Waals surface area (Å²) in [7, 11) is 1.48. The molecule has 2 rings (SSSR count). The standard InChI is InChI=1S/C11H18N6O2S/c1-12-6-9-7-14-15-11(9)20(18,19)17(3)8-10-13-4-5-16(10)2/h4-5,7,12H,6,8H2,1-3H3,(H,14,15). The molecule has 0 unspecified atom stereocenters. The molecule has 2 heterocycles. The number of sulfonamides is 1. The van der Waals surface area contributed by atoms with Gasteiger partial charge in [-0.15, -0.1) is 0 Å². The van der Waals surface area contributed by atoms with Gasteiger partial charge in [0.05, 0.1) is 12.7 Å². The van der Waals surface area contributed by atoms with E-state index in [1.54, 1.807) is 24.0 Å². The monoisotopic (exact) mass is 298 g/mol. The first-order valence-electron chi connectivity index (χ1n) is 6.06. The lowest BCUT2D eigenvalue weighted by Crippen LogP contribution is -2.29. The molecule has 0 fully saturated rings. The molecule has 0 aliphatic heterocycles.